The van der Waals surface area contributed by atoms with E-state index in [1.807, 2.05) is 30.3 Å². The Hall–Kier alpha value is -2.82. The van der Waals surface area contributed by atoms with E-state index in [1.54, 1.807) is 6.92 Å². The van der Waals surface area contributed by atoms with Gasteiger partial charge in [0, 0.05) is 5.69 Å². The summed E-state index contributed by atoms with van der Waals surface area (Å²) in [7, 11) is 0. The van der Waals surface area contributed by atoms with E-state index in [4.69, 9.17) is 5.73 Å². The summed E-state index contributed by atoms with van der Waals surface area (Å²) in [5.41, 5.74) is 10.7. The van der Waals surface area contributed by atoms with Gasteiger partial charge in [0.05, 0.1) is 0 Å². The Kier molecular flexibility index (Phi) is 3.55. The van der Waals surface area contributed by atoms with Crippen LogP contribution in [0.1, 0.15) is 18.1 Å². The second-order valence-electron chi connectivity index (χ2n) is 5.43. The van der Waals surface area contributed by atoms with Crippen LogP contribution in [0.2, 0.25) is 0 Å². The molecule has 0 aliphatic heterocycles. The monoisotopic (exact) mass is 295 g/mol. The molecule has 0 bridgehead atoms. The van der Waals surface area contributed by atoms with Gasteiger partial charge < -0.3 is 16.4 Å². The number of rotatable bonds is 3. The third-order valence-electron chi connectivity index (χ3n) is 3.81. The lowest BCUT2D eigenvalue weighted by Crippen LogP contribution is -2.44. The van der Waals surface area contributed by atoms with Crippen molar-refractivity contribution in [3.63, 3.8) is 0 Å². The minimum absolute atomic E-state index is 0.297. The summed E-state index contributed by atoms with van der Waals surface area (Å²) in [5.74, 6) is -0.297. The van der Waals surface area contributed by atoms with Gasteiger partial charge in [-0.25, -0.2) is 4.79 Å². The van der Waals surface area contributed by atoms with Crippen molar-refractivity contribution in [3.8, 4) is 11.1 Å². The van der Waals surface area contributed by atoms with Gasteiger partial charge in [-0.1, -0.05) is 30.3 Å². The number of hydrogen-bond acceptors (Lipinski definition) is 2. The highest BCUT2D eigenvalue weighted by Crippen LogP contribution is 2.37. The Morgan fingerprint density at radius 2 is 1.82 bits per heavy atom. The summed E-state index contributed by atoms with van der Waals surface area (Å²) >= 11 is 0. The average molecular weight is 295 g/mol. The van der Waals surface area contributed by atoms with Crippen molar-refractivity contribution < 1.29 is 9.59 Å². The number of fused-ring (bicyclic) bond motifs is 3. The van der Waals surface area contributed by atoms with Crippen LogP contribution in [0.5, 0.6) is 0 Å². The molecule has 2 aromatic rings. The van der Waals surface area contributed by atoms with Crippen molar-refractivity contribution in [2.75, 3.05) is 5.32 Å². The lowest BCUT2D eigenvalue weighted by Gasteiger charge is -2.13. The largest absolute Gasteiger partial charge is 0.352 e. The Morgan fingerprint density at radius 1 is 1.09 bits per heavy atom. The molecule has 3 amide bonds. The van der Waals surface area contributed by atoms with Crippen LogP contribution < -0.4 is 16.4 Å². The van der Waals surface area contributed by atoms with Crippen molar-refractivity contribution in [3.05, 3.63) is 53.6 Å². The Bertz CT molecular complexity index is 755. The van der Waals surface area contributed by atoms with Gasteiger partial charge in [0.25, 0.3) is 0 Å². The molecule has 5 nitrogen and oxygen atoms in total. The maximum atomic E-state index is 12.0. The summed E-state index contributed by atoms with van der Waals surface area (Å²) < 4.78 is 0. The average Bonchev–Trinajstić information content (AvgIpc) is 2.84. The molecule has 4 N–H and O–H groups in total. The fourth-order valence-corrected chi connectivity index (χ4v) is 2.75. The number of carbonyl (C=O) groups is 2. The van der Waals surface area contributed by atoms with Crippen LogP contribution in [0.3, 0.4) is 0 Å². The number of anilines is 1. The molecule has 0 radical (unpaired) electrons. The molecular weight excluding hydrogens is 278 g/mol. The third-order valence-corrected chi connectivity index (χ3v) is 3.81. The molecule has 0 fully saturated rings. The number of primary amides is 1. The number of urea groups is 1. The van der Waals surface area contributed by atoms with E-state index in [2.05, 4.69) is 22.8 Å². The van der Waals surface area contributed by atoms with Gasteiger partial charge in [0.2, 0.25) is 5.91 Å². The molecule has 0 heterocycles. The van der Waals surface area contributed by atoms with Crippen molar-refractivity contribution in [2.45, 2.75) is 19.4 Å². The smallest absolute Gasteiger partial charge is 0.312 e. The predicted octanol–water partition coefficient (Wildman–Crippen LogP) is 2.25. The first kappa shape index (κ1) is 14.1. The van der Waals surface area contributed by atoms with E-state index >= 15 is 0 Å². The maximum absolute atomic E-state index is 12.0. The standard InChI is InChI=1S/C17H17N3O2/c1-10(19-17(18)22)16(21)20-13-6-7-15-12(9-13)8-11-4-2-3-5-14(11)15/h2-7,9-10H,8H2,1H3,(H,20,21)(H3,18,19,22)/t10-/m1/s1. The maximum Gasteiger partial charge on any atom is 0.312 e. The van der Waals surface area contributed by atoms with Crippen molar-refractivity contribution >= 4 is 17.6 Å². The van der Waals surface area contributed by atoms with Gasteiger partial charge in [-0.3, -0.25) is 4.79 Å². The van der Waals surface area contributed by atoms with Crippen LogP contribution in [-0.4, -0.2) is 18.0 Å². The number of nitrogens with two attached hydrogens (primary N) is 1. The minimum atomic E-state index is -0.716. The highest BCUT2D eigenvalue weighted by atomic mass is 16.2. The molecule has 5 heteroatoms. The fraction of sp³-hybridized carbons (Fsp3) is 0.176. The van der Waals surface area contributed by atoms with E-state index in [0.29, 0.717) is 0 Å². The fourth-order valence-electron chi connectivity index (χ4n) is 2.75. The lowest BCUT2D eigenvalue weighted by atomic mass is 10.1. The number of nitrogens with one attached hydrogen (secondary N) is 2. The molecule has 1 atom stereocenters. The number of benzene rings is 2. The summed E-state index contributed by atoms with van der Waals surface area (Å²) in [6.45, 7) is 1.59. The van der Waals surface area contributed by atoms with E-state index in [1.165, 1.54) is 22.3 Å². The highest BCUT2D eigenvalue weighted by molar-refractivity contribution is 5.97. The number of hydrogen-bond donors (Lipinski definition) is 3. The molecule has 0 aromatic heterocycles. The van der Waals surface area contributed by atoms with Gasteiger partial charge >= 0.3 is 6.03 Å². The van der Waals surface area contributed by atoms with Crippen molar-refractivity contribution in [2.24, 2.45) is 5.73 Å². The number of amides is 3. The van der Waals surface area contributed by atoms with Crippen molar-refractivity contribution in [1.82, 2.24) is 5.32 Å². The van der Waals surface area contributed by atoms with E-state index in [9.17, 15) is 9.59 Å². The molecule has 3 rings (SSSR count). The predicted molar refractivity (Wildman–Crippen MR) is 85.5 cm³/mol. The van der Waals surface area contributed by atoms with Gasteiger partial charge in [-0.15, -0.1) is 0 Å². The second-order valence-corrected chi connectivity index (χ2v) is 5.43. The van der Waals surface area contributed by atoms with E-state index < -0.39 is 12.1 Å². The van der Waals surface area contributed by atoms with Crippen LogP contribution in [0, 0.1) is 0 Å². The lowest BCUT2D eigenvalue weighted by molar-refractivity contribution is -0.117. The minimum Gasteiger partial charge on any atom is -0.352 e. The van der Waals surface area contributed by atoms with Crippen molar-refractivity contribution in [1.29, 1.82) is 0 Å². The molecule has 112 valence electrons. The molecular formula is C17H17N3O2. The Morgan fingerprint density at radius 3 is 2.59 bits per heavy atom. The first-order chi connectivity index (χ1) is 10.5. The molecule has 2 aromatic carbocycles. The van der Waals surface area contributed by atoms with Gasteiger partial charge in [-0.05, 0) is 47.7 Å². The quantitative estimate of drug-likeness (QED) is 0.692. The molecule has 0 unspecified atom stereocenters. The molecule has 22 heavy (non-hydrogen) atoms. The van der Waals surface area contributed by atoms with Gasteiger partial charge in [0.1, 0.15) is 6.04 Å². The Labute approximate surface area is 128 Å². The zero-order chi connectivity index (χ0) is 15.7. The third kappa shape index (κ3) is 2.65. The molecule has 1 aliphatic carbocycles. The van der Waals surface area contributed by atoms with Gasteiger partial charge in [0.15, 0.2) is 0 Å². The second kappa shape index (κ2) is 5.52. The molecule has 0 saturated heterocycles. The first-order valence-corrected chi connectivity index (χ1v) is 7.12. The highest BCUT2D eigenvalue weighted by Gasteiger charge is 2.19. The molecule has 1 aliphatic rings. The summed E-state index contributed by atoms with van der Waals surface area (Å²) in [4.78, 5) is 22.8. The number of carbonyl (C=O) groups excluding carboxylic acids is 2. The first-order valence-electron chi connectivity index (χ1n) is 7.12. The van der Waals surface area contributed by atoms with E-state index in [-0.39, 0.29) is 5.91 Å². The zero-order valence-corrected chi connectivity index (χ0v) is 12.2. The summed E-state index contributed by atoms with van der Waals surface area (Å²) in [6.07, 6.45) is 0.865. The summed E-state index contributed by atoms with van der Waals surface area (Å²) in [6, 6.07) is 12.8. The van der Waals surface area contributed by atoms with E-state index in [0.717, 1.165) is 12.1 Å². The normalized spacial score (nSPS) is 13.0. The summed E-state index contributed by atoms with van der Waals surface area (Å²) in [5, 5.41) is 5.15. The zero-order valence-electron chi connectivity index (χ0n) is 12.2. The van der Waals surface area contributed by atoms with Crippen LogP contribution >= 0.6 is 0 Å². The van der Waals surface area contributed by atoms with Crippen LogP contribution in [0.4, 0.5) is 10.5 Å². The Balaban J connectivity index is 1.77. The molecule has 0 spiro atoms. The van der Waals surface area contributed by atoms with Crippen LogP contribution in [0.15, 0.2) is 42.5 Å². The SMILES string of the molecule is C[C@@H](NC(N)=O)C(=O)Nc1ccc2c(c1)Cc1ccccc1-2. The van der Waals surface area contributed by atoms with Crippen LogP contribution in [-0.2, 0) is 11.2 Å². The topological polar surface area (TPSA) is 84.2 Å². The molecule has 0 saturated carbocycles. The van der Waals surface area contributed by atoms with Gasteiger partial charge in [-0.2, -0.15) is 0 Å². The van der Waals surface area contributed by atoms with Crippen LogP contribution in [0.25, 0.3) is 11.1 Å².